The Morgan fingerprint density at radius 2 is 1.26 bits per heavy atom. The number of hydrogen-bond donors (Lipinski definition) is 2. The maximum atomic E-state index is 11.4. The standard InChI is InChI=1S/C19H19N2O3P.2ClH/c1-15-3-5-19(6-4-15)21-13-9-18(10-14-21)17-7-11-20(12-8-17)16(2)25(22,23)24;;/h3-14,16H,1-2H3;2*1H. The van der Waals surface area contributed by atoms with Crippen molar-refractivity contribution in [2.24, 2.45) is 0 Å². The SMILES string of the molecule is Cc1ccc(-[n+]2ccc(-c3cc[n+](C(C)P(=O)(O)O)cc3)cc2)cc1.[Cl-].[Cl-]. The van der Waals surface area contributed by atoms with Gasteiger partial charge in [-0.2, -0.15) is 9.13 Å². The van der Waals surface area contributed by atoms with E-state index in [2.05, 4.69) is 31.2 Å². The molecule has 27 heavy (non-hydrogen) atoms. The molecule has 2 aromatic heterocycles. The molecule has 2 heterocycles. The Balaban J connectivity index is 0.00000182. The second-order valence-corrected chi connectivity index (χ2v) is 8.01. The molecular formula is C19H21Cl2N2O3P. The van der Waals surface area contributed by atoms with Crippen molar-refractivity contribution in [3.63, 3.8) is 0 Å². The van der Waals surface area contributed by atoms with Gasteiger partial charge < -0.3 is 34.6 Å². The third-order valence-electron chi connectivity index (χ3n) is 4.27. The van der Waals surface area contributed by atoms with Gasteiger partial charge in [0.05, 0.1) is 0 Å². The van der Waals surface area contributed by atoms with Crippen molar-refractivity contribution in [1.82, 2.24) is 0 Å². The first-order valence-corrected chi connectivity index (χ1v) is 9.67. The van der Waals surface area contributed by atoms with Gasteiger partial charge in [0.25, 0.3) is 5.78 Å². The molecule has 0 amide bonds. The molecule has 1 atom stereocenters. The van der Waals surface area contributed by atoms with Gasteiger partial charge in [0.2, 0.25) is 5.69 Å². The predicted octanol–water partition coefficient (Wildman–Crippen LogP) is -3.07. The molecule has 0 radical (unpaired) electrons. The summed E-state index contributed by atoms with van der Waals surface area (Å²) < 4.78 is 14.9. The lowest BCUT2D eigenvalue weighted by molar-refractivity contribution is -0.701. The zero-order valence-electron chi connectivity index (χ0n) is 14.9. The summed E-state index contributed by atoms with van der Waals surface area (Å²) in [4.78, 5) is 18.5. The van der Waals surface area contributed by atoms with Crippen LogP contribution in [0.4, 0.5) is 0 Å². The number of pyridine rings is 2. The van der Waals surface area contributed by atoms with Gasteiger partial charge >= 0.3 is 7.60 Å². The van der Waals surface area contributed by atoms with E-state index in [1.165, 1.54) is 17.1 Å². The molecule has 3 rings (SSSR count). The summed E-state index contributed by atoms with van der Waals surface area (Å²) in [6, 6.07) is 16.1. The molecule has 0 aliphatic carbocycles. The van der Waals surface area contributed by atoms with Gasteiger partial charge in [0, 0.05) is 43.3 Å². The van der Waals surface area contributed by atoms with Crippen molar-refractivity contribution >= 4 is 7.60 Å². The molecule has 144 valence electrons. The van der Waals surface area contributed by atoms with Crippen LogP contribution in [0.2, 0.25) is 0 Å². The first-order chi connectivity index (χ1) is 11.8. The molecular weight excluding hydrogens is 406 g/mol. The van der Waals surface area contributed by atoms with Crippen LogP contribution in [0.5, 0.6) is 0 Å². The molecule has 5 nitrogen and oxygen atoms in total. The highest BCUT2D eigenvalue weighted by molar-refractivity contribution is 7.51. The minimum atomic E-state index is -4.15. The number of benzene rings is 1. The highest BCUT2D eigenvalue weighted by Crippen LogP contribution is 2.45. The zero-order valence-corrected chi connectivity index (χ0v) is 17.3. The molecule has 1 unspecified atom stereocenters. The molecule has 0 bridgehead atoms. The summed E-state index contributed by atoms with van der Waals surface area (Å²) in [6.45, 7) is 3.57. The second kappa shape index (κ2) is 9.45. The summed E-state index contributed by atoms with van der Waals surface area (Å²) in [5.41, 5.74) is 4.35. The maximum absolute atomic E-state index is 11.4. The van der Waals surface area contributed by atoms with E-state index >= 15 is 0 Å². The number of rotatable bonds is 4. The average molecular weight is 427 g/mol. The van der Waals surface area contributed by atoms with E-state index in [1.54, 1.807) is 12.4 Å². The Hall–Kier alpha value is -1.75. The second-order valence-electron chi connectivity index (χ2n) is 6.08. The number of halogens is 2. The fourth-order valence-corrected chi connectivity index (χ4v) is 3.06. The van der Waals surface area contributed by atoms with Gasteiger partial charge in [-0.3, -0.25) is 4.57 Å². The first-order valence-electron chi connectivity index (χ1n) is 7.99. The fourth-order valence-electron chi connectivity index (χ4n) is 2.56. The fraction of sp³-hybridized carbons (Fsp3) is 0.158. The van der Waals surface area contributed by atoms with Gasteiger partial charge in [-0.1, -0.05) is 17.7 Å². The Morgan fingerprint density at radius 3 is 1.70 bits per heavy atom. The number of aryl methyl sites for hydroxylation is 1. The molecule has 0 fully saturated rings. The van der Waals surface area contributed by atoms with Crippen LogP contribution in [0.1, 0.15) is 18.3 Å². The van der Waals surface area contributed by atoms with Crippen molar-refractivity contribution in [1.29, 1.82) is 0 Å². The van der Waals surface area contributed by atoms with Crippen LogP contribution in [0.3, 0.4) is 0 Å². The Labute approximate surface area is 171 Å². The summed E-state index contributed by atoms with van der Waals surface area (Å²) >= 11 is 0. The van der Waals surface area contributed by atoms with Crippen molar-refractivity contribution in [3.8, 4) is 16.8 Å². The molecule has 0 saturated carbocycles. The van der Waals surface area contributed by atoms with E-state index in [4.69, 9.17) is 0 Å². The monoisotopic (exact) mass is 426 g/mol. The average Bonchev–Trinajstić information content (AvgIpc) is 2.61. The number of nitrogens with zero attached hydrogens (tertiary/aromatic N) is 2. The molecule has 1 aromatic carbocycles. The minimum Gasteiger partial charge on any atom is -1.00 e. The van der Waals surface area contributed by atoms with Crippen LogP contribution in [-0.2, 0) is 4.57 Å². The Morgan fingerprint density at radius 1 is 0.815 bits per heavy atom. The topological polar surface area (TPSA) is 65.3 Å². The van der Waals surface area contributed by atoms with E-state index in [9.17, 15) is 14.4 Å². The van der Waals surface area contributed by atoms with Crippen molar-refractivity contribution < 1.29 is 48.3 Å². The van der Waals surface area contributed by atoms with Gasteiger partial charge in [0.1, 0.15) is 0 Å². The lowest BCUT2D eigenvalue weighted by Crippen LogP contribution is -3.00. The molecule has 8 heteroatoms. The maximum Gasteiger partial charge on any atom is 0.392 e. The molecule has 0 spiro atoms. The first kappa shape index (κ1) is 23.3. The summed E-state index contributed by atoms with van der Waals surface area (Å²) in [6.07, 6.45) is 7.39. The number of hydrogen-bond acceptors (Lipinski definition) is 1. The summed E-state index contributed by atoms with van der Waals surface area (Å²) in [5, 5.41) is 0. The third kappa shape index (κ3) is 5.61. The van der Waals surface area contributed by atoms with Crippen LogP contribution < -0.4 is 33.9 Å². The molecule has 3 aromatic rings. The molecule has 0 aliphatic heterocycles. The van der Waals surface area contributed by atoms with Crippen molar-refractivity contribution in [2.75, 3.05) is 0 Å². The summed E-state index contributed by atoms with van der Waals surface area (Å²) in [7, 11) is -4.15. The van der Waals surface area contributed by atoms with Crippen molar-refractivity contribution in [2.45, 2.75) is 19.6 Å². The minimum absolute atomic E-state index is 0. The Kier molecular flexibility index (Phi) is 8.15. The van der Waals surface area contributed by atoms with Gasteiger partial charge in [-0.05, 0) is 18.1 Å². The van der Waals surface area contributed by atoms with Crippen LogP contribution in [0, 0.1) is 6.92 Å². The zero-order chi connectivity index (χ0) is 18.0. The van der Waals surface area contributed by atoms with E-state index in [1.807, 2.05) is 41.2 Å². The van der Waals surface area contributed by atoms with Gasteiger partial charge in [0.15, 0.2) is 24.8 Å². The predicted molar refractivity (Wildman–Crippen MR) is 95.1 cm³/mol. The largest absolute Gasteiger partial charge is 1.00 e. The van der Waals surface area contributed by atoms with E-state index in [0.29, 0.717) is 0 Å². The molecule has 2 N–H and O–H groups in total. The van der Waals surface area contributed by atoms with Crippen LogP contribution in [0.25, 0.3) is 16.8 Å². The molecule has 0 aliphatic rings. The van der Waals surface area contributed by atoms with Crippen molar-refractivity contribution in [3.05, 3.63) is 78.9 Å². The number of aromatic nitrogens is 2. The van der Waals surface area contributed by atoms with Gasteiger partial charge in [-0.15, -0.1) is 0 Å². The van der Waals surface area contributed by atoms with Crippen LogP contribution >= 0.6 is 7.60 Å². The Bertz CT molecular complexity index is 911. The lowest BCUT2D eigenvalue weighted by atomic mass is 10.1. The van der Waals surface area contributed by atoms with Crippen LogP contribution in [0.15, 0.2) is 73.3 Å². The lowest BCUT2D eigenvalue weighted by Gasteiger charge is -2.09. The van der Waals surface area contributed by atoms with Crippen LogP contribution in [-0.4, -0.2) is 9.79 Å². The highest BCUT2D eigenvalue weighted by Gasteiger charge is 2.32. The summed E-state index contributed by atoms with van der Waals surface area (Å²) in [5.74, 6) is -0.874. The third-order valence-corrected chi connectivity index (χ3v) is 5.51. The highest BCUT2D eigenvalue weighted by atomic mass is 35.5. The molecule has 0 saturated heterocycles. The van der Waals surface area contributed by atoms with E-state index < -0.39 is 13.4 Å². The quantitative estimate of drug-likeness (QED) is 0.343. The normalized spacial score (nSPS) is 11.9. The van der Waals surface area contributed by atoms with E-state index in [0.717, 1.165) is 16.8 Å². The van der Waals surface area contributed by atoms with Gasteiger partial charge in [-0.25, -0.2) is 0 Å². The smallest absolute Gasteiger partial charge is 0.392 e. The van der Waals surface area contributed by atoms with E-state index in [-0.39, 0.29) is 24.8 Å².